The molecular weight excluding hydrogens is 335 g/mol. The van der Waals surface area contributed by atoms with Crippen molar-refractivity contribution in [2.75, 3.05) is 13.2 Å². The molecule has 25 heavy (non-hydrogen) atoms. The molecule has 5 heteroatoms. The van der Waals surface area contributed by atoms with Gasteiger partial charge >= 0.3 is 7.60 Å². The minimum Gasteiger partial charge on any atom is -0.489 e. The molecule has 0 aromatic heterocycles. The van der Waals surface area contributed by atoms with Gasteiger partial charge in [-0.3, -0.25) is 4.57 Å². The topological polar surface area (TPSA) is 55.8 Å². The lowest BCUT2D eigenvalue weighted by atomic mass is 10.0. The van der Waals surface area contributed by atoms with E-state index in [0.29, 0.717) is 12.4 Å². The van der Waals surface area contributed by atoms with E-state index in [9.17, 15) is 9.46 Å². The smallest absolute Gasteiger partial charge is 0.362 e. The van der Waals surface area contributed by atoms with Crippen molar-refractivity contribution >= 4 is 12.9 Å². The van der Waals surface area contributed by atoms with Gasteiger partial charge in [0.05, 0.1) is 6.61 Å². The van der Waals surface area contributed by atoms with Crippen LogP contribution in [0.4, 0.5) is 0 Å². The van der Waals surface area contributed by atoms with E-state index < -0.39 is 7.60 Å². The summed E-state index contributed by atoms with van der Waals surface area (Å²) in [6.07, 6.45) is 1.92. The summed E-state index contributed by atoms with van der Waals surface area (Å²) >= 11 is 0. The van der Waals surface area contributed by atoms with E-state index in [1.54, 1.807) is 19.1 Å². The predicted octanol–water partition coefficient (Wildman–Crippen LogP) is 4.85. The molecule has 0 heterocycles. The van der Waals surface area contributed by atoms with Crippen molar-refractivity contribution in [3.63, 3.8) is 0 Å². The number of allylic oxidation sites excluding steroid dienone is 1. The minimum absolute atomic E-state index is 0.149. The maximum atomic E-state index is 12.6. The van der Waals surface area contributed by atoms with Gasteiger partial charge in [0.1, 0.15) is 17.7 Å². The van der Waals surface area contributed by atoms with Crippen molar-refractivity contribution < 1.29 is 18.7 Å². The highest BCUT2D eigenvalue weighted by Crippen LogP contribution is 2.44. The van der Waals surface area contributed by atoms with Gasteiger partial charge in [-0.15, -0.1) is 0 Å². The lowest BCUT2D eigenvalue weighted by Crippen LogP contribution is -2.13. The van der Waals surface area contributed by atoms with Gasteiger partial charge in [-0.2, -0.15) is 0 Å². The second-order valence-corrected chi connectivity index (χ2v) is 7.86. The Hall–Kier alpha value is -1.87. The highest BCUT2D eigenvalue weighted by atomic mass is 31.2. The Bertz CT molecular complexity index is 790. The fourth-order valence-electron chi connectivity index (χ4n) is 2.33. The molecule has 0 aliphatic rings. The maximum Gasteiger partial charge on any atom is 0.362 e. The molecule has 0 radical (unpaired) electrons. The van der Waals surface area contributed by atoms with Crippen molar-refractivity contribution in [2.24, 2.45) is 0 Å². The number of hydrogen-bond donors (Lipinski definition) is 1. The van der Waals surface area contributed by atoms with Crippen LogP contribution >= 0.6 is 7.60 Å². The van der Waals surface area contributed by atoms with Gasteiger partial charge in [0.2, 0.25) is 0 Å². The lowest BCUT2D eigenvalue weighted by molar-refractivity contribution is 0.282. The zero-order valence-electron chi connectivity index (χ0n) is 15.2. The summed E-state index contributed by atoms with van der Waals surface area (Å²) in [6.45, 7) is 8.15. The van der Waals surface area contributed by atoms with E-state index in [1.165, 1.54) is 0 Å². The summed E-state index contributed by atoms with van der Waals surface area (Å²) in [4.78, 5) is 10.3. The average Bonchev–Trinajstić information content (AvgIpc) is 2.55. The van der Waals surface area contributed by atoms with Crippen LogP contribution in [0, 0.1) is 6.92 Å². The number of aryl methyl sites for hydroxylation is 1. The zero-order valence-corrected chi connectivity index (χ0v) is 16.0. The van der Waals surface area contributed by atoms with Crippen LogP contribution in [0.1, 0.15) is 26.3 Å². The first-order valence-corrected chi connectivity index (χ1v) is 9.86. The molecular formula is C20H25O4P. The molecule has 2 aromatic rings. The minimum atomic E-state index is -3.95. The van der Waals surface area contributed by atoms with E-state index in [0.717, 1.165) is 22.3 Å². The van der Waals surface area contributed by atoms with Crippen LogP contribution in [0.3, 0.4) is 0 Å². The van der Waals surface area contributed by atoms with Gasteiger partial charge in [0.25, 0.3) is 0 Å². The van der Waals surface area contributed by atoms with Crippen LogP contribution < -0.4 is 10.0 Å². The second-order valence-electron chi connectivity index (χ2n) is 6.08. The van der Waals surface area contributed by atoms with Gasteiger partial charge in [0.15, 0.2) is 0 Å². The van der Waals surface area contributed by atoms with E-state index in [1.807, 2.05) is 57.2 Å². The Balaban J connectivity index is 2.44. The normalized spacial score (nSPS) is 13.2. The first-order valence-electron chi connectivity index (χ1n) is 8.28. The second kappa shape index (κ2) is 8.48. The molecule has 0 saturated carbocycles. The lowest BCUT2D eigenvalue weighted by Gasteiger charge is -2.17. The molecule has 0 saturated heterocycles. The summed E-state index contributed by atoms with van der Waals surface area (Å²) < 4.78 is 23.4. The van der Waals surface area contributed by atoms with Crippen molar-refractivity contribution in [2.45, 2.75) is 27.7 Å². The summed E-state index contributed by atoms with van der Waals surface area (Å²) in [5.74, 6) is 0.368. The van der Waals surface area contributed by atoms with Gasteiger partial charge in [-0.1, -0.05) is 41.5 Å². The Morgan fingerprint density at radius 2 is 1.76 bits per heavy atom. The van der Waals surface area contributed by atoms with Crippen LogP contribution in [-0.2, 0) is 9.09 Å². The van der Waals surface area contributed by atoms with Crippen molar-refractivity contribution in [3.05, 3.63) is 59.7 Å². The first-order chi connectivity index (χ1) is 11.8. The zero-order chi connectivity index (χ0) is 18.4. The van der Waals surface area contributed by atoms with Crippen molar-refractivity contribution in [1.29, 1.82) is 0 Å². The number of hydrogen-bond acceptors (Lipinski definition) is 3. The quantitative estimate of drug-likeness (QED) is 0.566. The van der Waals surface area contributed by atoms with Gasteiger partial charge < -0.3 is 14.2 Å². The molecule has 1 unspecified atom stereocenters. The Morgan fingerprint density at radius 3 is 2.36 bits per heavy atom. The standard InChI is InChI=1S/C20H25O4P/c1-5-24-25(21,22)20-14-18(17-8-6-16(4)7-9-17)10-11-19(20)23-13-12-15(2)3/h6-12,14H,5,13H2,1-4H3,(H,21,22). The fraction of sp³-hybridized carbons (Fsp3) is 0.300. The van der Waals surface area contributed by atoms with Crippen LogP contribution in [-0.4, -0.2) is 18.1 Å². The molecule has 0 spiro atoms. The maximum absolute atomic E-state index is 12.6. The largest absolute Gasteiger partial charge is 0.489 e. The van der Waals surface area contributed by atoms with E-state index >= 15 is 0 Å². The third-order valence-electron chi connectivity index (χ3n) is 3.68. The van der Waals surface area contributed by atoms with Crippen molar-refractivity contribution in [3.8, 4) is 16.9 Å². The number of rotatable bonds is 7. The summed E-state index contributed by atoms with van der Waals surface area (Å²) in [7, 11) is -3.95. The molecule has 2 rings (SSSR count). The molecule has 1 N–H and O–H groups in total. The Morgan fingerprint density at radius 1 is 1.12 bits per heavy atom. The predicted molar refractivity (Wildman–Crippen MR) is 103 cm³/mol. The van der Waals surface area contributed by atoms with E-state index in [4.69, 9.17) is 9.26 Å². The van der Waals surface area contributed by atoms with E-state index in [2.05, 4.69) is 0 Å². The van der Waals surface area contributed by atoms with Crippen LogP contribution in [0.5, 0.6) is 5.75 Å². The Labute approximate surface area is 149 Å². The average molecular weight is 360 g/mol. The Kier molecular flexibility index (Phi) is 6.60. The molecule has 0 amide bonds. The molecule has 0 bridgehead atoms. The van der Waals surface area contributed by atoms with Gasteiger partial charge in [-0.05, 0) is 57.0 Å². The number of ether oxygens (including phenoxy) is 1. The molecule has 0 aliphatic carbocycles. The molecule has 2 aromatic carbocycles. The van der Waals surface area contributed by atoms with Crippen LogP contribution in [0.25, 0.3) is 11.1 Å². The van der Waals surface area contributed by atoms with Crippen molar-refractivity contribution in [1.82, 2.24) is 0 Å². The summed E-state index contributed by atoms with van der Waals surface area (Å²) in [6, 6.07) is 13.3. The third kappa shape index (κ3) is 5.30. The molecule has 0 fully saturated rings. The van der Waals surface area contributed by atoms with E-state index in [-0.39, 0.29) is 11.9 Å². The molecule has 134 valence electrons. The van der Waals surface area contributed by atoms with Gasteiger partial charge in [-0.25, -0.2) is 0 Å². The highest BCUT2D eigenvalue weighted by molar-refractivity contribution is 7.61. The SMILES string of the molecule is CCOP(=O)(O)c1cc(-c2ccc(C)cc2)ccc1OCC=C(C)C. The monoisotopic (exact) mass is 360 g/mol. The highest BCUT2D eigenvalue weighted by Gasteiger charge is 2.27. The number of benzene rings is 2. The third-order valence-corrected chi connectivity index (χ3v) is 5.25. The molecule has 1 atom stereocenters. The molecule has 0 aliphatic heterocycles. The fourth-order valence-corrected chi connectivity index (χ4v) is 3.54. The summed E-state index contributed by atoms with van der Waals surface area (Å²) in [5.41, 5.74) is 4.10. The van der Waals surface area contributed by atoms with Gasteiger partial charge in [0, 0.05) is 0 Å². The summed E-state index contributed by atoms with van der Waals surface area (Å²) in [5, 5.41) is 0.189. The van der Waals surface area contributed by atoms with Crippen LogP contribution in [0.15, 0.2) is 54.1 Å². The van der Waals surface area contributed by atoms with Crippen LogP contribution in [0.2, 0.25) is 0 Å². The molecule has 4 nitrogen and oxygen atoms in total. The first kappa shape index (κ1) is 19.5.